The van der Waals surface area contributed by atoms with Crippen molar-refractivity contribution in [3.05, 3.63) is 29.5 Å². The number of aliphatic hydroxyl groups is 2. The number of nitrogens with zero attached hydrogens (tertiary/aromatic N) is 2. The molecule has 0 aliphatic heterocycles. The molecule has 1 aromatic carbocycles. The normalized spacial score (nSPS) is 10.8. The lowest BCUT2D eigenvalue weighted by molar-refractivity contribution is 0.270. The minimum atomic E-state index is -0.0549. The summed E-state index contributed by atoms with van der Waals surface area (Å²) in [6, 6.07) is 5.52. The van der Waals surface area contributed by atoms with Gasteiger partial charge in [0.2, 0.25) is 0 Å². The van der Waals surface area contributed by atoms with E-state index >= 15 is 0 Å². The maximum absolute atomic E-state index is 9.02. The highest BCUT2D eigenvalue weighted by Gasteiger charge is 2.12. The van der Waals surface area contributed by atoms with Crippen LogP contribution in [0.2, 0.25) is 0 Å². The van der Waals surface area contributed by atoms with Crippen LogP contribution < -0.4 is 22.5 Å². The van der Waals surface area contributed by atoms with Gasteiger partial charge in [0.1, 0.15) is 11.5 Å². The molecule has 0 amide bonds. The molecule has 0 aliphatic carbocycles. The number of aliphatic hydroxyl groups excluding tert-OH is 2. The summed E-state index contributed by atoms with van der Waals surface area (Å²) in [5.41, 5.74) is 21.0. The zero-order valence-electron chi connectivity index (χ0n) is 12.3. The summed E-state index contributed by atoms with van der Waals surface area (Å²) in [6.07, 6.45) is 0.502. The zero-order valence-corrected chi connectivity index (χ0v) is 12.3. The van der Waals surface area contributed by atoms with E-state index in [-0.39, 0.29) is 13.2 Å². The maximum atomic E-state index is 9.02. The van der Waals surface area contributed by atoms with Crippen molar-refractivity contribution in [3.63, 3.8) is 0 Å². The fourth-order valence-electron chi connectivity index (χ4n) is 2.17. The van der Waals surface area contributed by atoms with Gasteiger partial charge in [0.25, 0.3) is 0 Å². The second-order valence-electron chi connectivity index (χ2n) is 4.93. The van der Waals surface area contributed by atoms with Crippen LogP contribution in [0.25, 0.3) is 0 Å². The molecule has 9 N–H and O–H groups in total. The fraction of sp³-hybridized carbons (Fsp3) is 0.357. The Labute approximate surface area is 128 Å². The number of aromatic nitrogens is 2. The molecular weight excluding hydrogens is 284 g/mol. The number of hydrogen-bond donors (Lipinski definition) is 6. The van der Waals surface area contributed by atoms with E-state index in [1.165, 1.54) is 4.68 Å². The Morgan fingerprint density at radius 2 is 1.91 bits per heavy atom. The molecule has 22 heavy (non-hydrogen) atoms. The topological polar surface area (TPSA) is 148 Å². The van der Waals surface area contributed by atoms with Gasteiger partial charge in [0, 0.05) is 18.0 Å². The summed E-state index contributed by atoms with van der Waals surface area (Å²) in [5.74, 6) is 0.351. The van der Waals surface area contributed by atoms with E-state index < -0.39 is 0 Å². The van der Waals surface area contributed by atoms with Crippen LogP contribution in [0.5, 0.6) is 0 Å². The molecule has 1 aromatic heterocycles. The van der Waals surface area contributed by atoms with Gasteiger partial charge in [-0.2, -0.15) is 5.10 Å². The molecule has 0 spiro atoms. The van der Waals surface area contributed by atoms with Crippen molar-refractivity contribution >= 4 is 22.9 Å². The van der Waals surface area contributed by atoms with Crippen molar-refractivity contribution in [1.29, 1.82) is 0 Å². The first-order valence-corrected chi connectivity index (χ1v) is 7.01. The number of hydrogen-bond acceptors (Lipinski definition) is 7. The number of nitrogens with two attached hydrogens (primary N) is 3. The Morgan fingerprint density at radius 3 is 2.59 bits per heavy atom. The Bertz CT molecular complexity index is 641. The molecular formula is C14H22N6O2. The van der Waals surface area contributed by atoms with Gasteiger partial charge < -0.3 is 32.7 Å². The number of nitrogen functional groups attached to an aromatic ring is 3. The second-order valence-corrected chi connectivity index (χ2v) is 4.93. The van der Waals surface area contributed by atoms with Crippen molar-refractivity contribution < 1.29 is 10.2 Å². The monoisotopic (exact) mass is 306 g/mol. The lowest BCUT2D eigenvalue weighted by Crippen LogP contribution is -2.08. The molecule has 0 atom stereocenters. The maximum Gasteiger partial charge on any atom is 0.145 e. The van der Waals surface area contributed by atoms with Gasteiger partial charge in [0.05, 0.1) is 25.4 Å². The third-order valence-corrected chi connectivity index (χ3v) is 3.40. The molecule has 8 heteroatoms. The first-order chi connectivity index (χ1) is 10.6. The summed E-state index contributed by atoms with van der Waals surface area (Å²) in [4.78, 5) is 0. The third kappa shape index (κ3) is 3.41. The van der Waals surface area contributed by atoms with E-state index in [2.05, 4.69) is 10.4 Å². The largest absolute Gasteiger partial charge is 0.399 e. The molecule has 8 nitrogen and oxygen atoms in total. The van der Waals surface area contributed by atoms with E-state index in [1.807, 2.05) is 12.1 Å². The van der Waals surface area contributed by atoms with Gasteiger partial charge in [-0.1, -0.05) is 0 Å². The SMILES string of the molecule is Nc1ccc(NCc2nn(CCO)c(N)c2N)cc1CCO. The van der Waals surface area contributed by atoms with Gasteiger partial charge in [-0.3, -0.25) is 0 Å². The lowest BCUT2D eigenvalue weighted by atomic mass is 10.1. The minimum Gasteiger partial charge on any atom is -0.399 e. The van der Waals surface area contributed by atoms with E-state index in [0.29, 0.717) is 42.4 Å². The van der Waals surface area contributed by atoms with Crippen molar-refractivity contribution in [2.24, 2.45) is 0 Å². The highest BCUT2D eigenvalue weighted by molar-refractivity contribution is 5.63. The first-order valence-electron chi connectivity index (χ1n) is 7.01. The molecule has 120 valence electrons. The summed E-state index contributed by atoms with van der Waals surface area (Å²) >= 11 is 0. The van der Waals surface area contributed by atoms with Crippen LogP contribution in [0.1, 0.15) is 11.3 Å². The average Bonchev–Trinajstić information content (AvgIpc) is 2.77. The molecule has 0 bridgehead atoms. The zero-order chi connectivity index (χ0) is 16.1. The Morgan fingerprint density at radius 1 is 1.14 bits per heavy atom. The average molecular weight is 306 g/mol. The lowest BCUT2D eigenvalue weighted by Gasteiger charge is -2.09. The van der Waals surface area contributed by atoms with E-state index in [9.17, 15) is 0 Å². The van der Waals surface area contributed by atoms with Crippen LogP contribution in [-0.4, -0.2) is 33.2 Å². The molecule has 2 aromatic rings. The van der Waals surface area contributed by atoms with Crippen molar-refractivity contribution in [3.8, 4) is 0 Å². The summed E-state index contributed by atoms with van der Waals surface area (Å²) in [6.45, 7) is 0.693. The van der Waals surface area contributed by atoms with Crippen molar-refractivity contribution in [1.82, 2.24) is 9.78 Å². The fourth-order valence-corrected chi connectivity index (χ4v) is 2.17. The first kappa shape index (κ1) is 15.9. The molecule has 0 aliphatic rings. The summed E-state index contributed by atoms with van der Waals surface area (Å²) in [5, 5.41) is 25.4. The van der Waals surface area contributed by atoms with Gasteiger partial charge >= 0.3 is 0 Å². The molecule has 0 unspecified atom stereocenters. The van der Waals surface area contributed by atoms with E-state index in [0.717, 1.165) is 11.3 Å². The number of rotatable bonds is 7. The molecule has 1 heterocycles. The number of nitrogens with one attached hydrogen (secondary N) is 1. The molecule has 0 fully saturated rings. The molecule has 0 saturated carbocycles. The Kier molecular flexibility index (Phi) is 5.08. The van der Waals surface area contributed by atoms with Gasteiger partial charge in [-0.05, 0) is 30.2 Å². The van der Waals surface area contributed by atoms with Crippen LogP contribution in [0, 0.1) is 0 Å². The standard InChI is InChI=1S/C14H22N6O2/c15-11-2-1-10(7-9(11)3-5-21)18-8-12-13(16)14(17)20(19-12)4-6-22/h1-2,7,18,21-22H,3-6,8,15-17H2. The predicted molar refractivity (Wildman–Crippen MR) is 87.1 cm³/mol. The molecule has 0 saturated heterocycles. The minimum absolute atomic E-state index is 0.0443. The van der Waals surface area contributed by atoms with Crippen molar-refractivity contribution in [2.45, 2.75) is 19.5 Å². The number of benzene rings is 1. The molecule has 0 radical (unpaired) electrons. The second kappa shape index (κ2) is 7.01. The smallest absolute Gasteiger partial charge is 0.145 e. The Balaban J connectivity index is 2.10. The predicted octanol–water partition coefficient (Wildman–Crippen LogP) is -0.231. The van der Waals surface area contributed by atoms with Gasteiger partial charge in [-0.15, -0.1) is 0 Å². The van der Waals surface area contributed by atoms with Gasteiger partial charge in [0.15, 0.2) is 0 Å². The van der Waals surface area contributed by atoms with Gasteiger partial charge in [-0.25, -0.2) is 4.68 Å². The number of anilines is 4. The molecule has 2 rings (SSSR count). The quantitative estimate of drug-likeness (QED) is 0.387. The van der Waals surface area contributed by atoms with Crippen LogP contribution in [0.3, 0.4) is 0 Å². The Hall–Kier alpha value is -2.45. The summed E-state index contributed by atoms with van der Waals surface area (Å²) in [7, 11) is 0. The van der Waals surface area contributed by atoms with Crippen molar-refractivity contribution in [2.75, 3.05) is 35.7 Å². The highest BCUT2D eigenvalue weighted by atomic mass is 16.3. The van der Waals surface area contributed by atoms with Crippen LogP contribution >= 0.6 is 0 Å². The summed E-state index contributed by atoms with van der Waals surface area (Å²) < 4.78 is 1.48. The van der Waals surface area contributed by atoms with Crippen LogP contribution in [-0.2, 0) is 19.5 Å². The van der Waals surface area contributed by atoms with E-state index in [4.69, 9.17) is 27.4 Å². The van der Waals surface area contributed by atoms with E-state index in [1.54, 1.807) is 6.07 Å². The highest BCUT2D eigenvalue weighted by Crippen LogP contribution is 2.22. The van der Waals surface area contributed by atoms with Crippen LogP contribution in [0.15, 0.2) is 18.2 Å². The van der Waals surface area contributed by atoms with Crippen LogP contribution in [0.4, 0.5) is 22.9 Å². The third-order valence-electron chi connectivity index (χ3n) is 3.40.